The molecule has 0 radical (unpaired) electrons. The van der Waals surface area contributed by atoms with Crippen molar-refractivity contribution in [2.24, 2.45) is 17.3 Å². The minimum absolute atomic E-state index is 0.820. The fourth-order valence-corrected chi connectivity index (χ4v) is 3.69. The summed E-state index contributed by atoms with van der Waals surface area (Å²) in [4.78, 5) is 0. The van der Waals surface area contributed by atoms with E-state index in [2.05, 4.69) is 5.32 Å². The molecule has 1 aliphatic heterocycles. The van der Waals surface area contributed by atoms with E-state index in [1.54, 1.807) is 6.42 Å². The van der Waals surface area contributed by atoms with E-state index in [0.717, 1.165) is 17.3 Å². The molecule has 2 saturated carbocycles. The smallest absolute Gasteiger partial charge is 0.00138 e. The van der Waals surface area contributed by atoms with E-state index in [1.807, 2.05) is 0 Å². The first kappa shape index (κ1) is 7.37. The molecule has 0 aromatic carbocycles. The molecule has 1 heteroatoms. The van der Waals surface area contributed by atoms with Gasteiger partial charge in [-0.3, -0.25) is 0 Å². The molecule has 1 heterocycles. The largest absolute Gasteiger partial charge is 0.316 e. The van der Waals surface area contributed by atoms with E-state index in [4.69, 9.17) is 0 Å². The summed E-state index contributed by atoms with van der Waals surface area (Å²) >= 11 is 0. The molecule has 3 fully saturated rings. The minimum atomic E-state index is 0.820. The van der Waals surface area contributed by atoms with Crippen molar-refractivity contribution in [3.05, 3.63) is 0 Å². The standard InChI is InChI=1S/C11H19N/c1-2-4-9(5-3-1)11-6-10(11)7-12-8-11/h9-10,12H,1-8H2. The summed E-state index contributed by atoms with van der Waals surface area (Å²) in [6.45, 7) is 2.68. The number of rotatable bonds is 1. The second-order valence-electron chi connectivity index (χ2n) is 5.10. The number of hydrogen-bond donors (Lipinski definition) is 1. The van der Waals surface area contributed by atoms with Gasteiger partial charge in [0.1, 0.15) is 0 Å². The maximum absolute atomic E-state index is 3.56. The summed E-state index contributed by atoms with van der Waals surface area (Å²) < 4.78 is 0. The van der Waals surface area contributed by atoms with Crippen LogP contribution in [-0.2, 0) is 0 Å². The molecule has 1 saturated heterocycles. The zero-order valence-corrected chi connectivity index (χ0v) is 7.81. The van der Waals surface area contributed by atoms with Gasteiger partial charge in [-0.05, 0) is 43.1 Å². The molecular weight excluding hydrogens is 146 g/mol. The van der Waals surface area contributed by atoms with Crippen LogP contribution in [0, 0.1) is 17.3 Å². The Kier molecular flexibility index (Phi) is 1.52. The van der Waals surface area contributed by atoms with E-state index < -0.39 is 0 Å². The SMILES string of the molecule is C1CCC(C23CNCC2C3)CC1. The van der Waals surface area contributed by atoms with Crippen molar-refractivity contribution in [2.75, 3.05) is 13.1 Å². The number of piperidine rings is 1. The highest BCUT2D eigenvalue weighted by Gasteiger charge is 2.60. The van der Waals surface area contributed by atoms with Gasteiger partial charge < -0.3 is 5.32 Å². The van der Waals surface area contributed by atoms with Gasteiger partial charge in [-0.2, -0.15) is 0 Å². The van der Waals surface area contributed by atoms with Crippen LogP contribution in [0.4, 0.5) is 0 Å². The first-order valence-corrected chi connectivity index (χ1v) is 5.62. The van der Waals surface area contributed by atoms with Crippen molar-refractivity contribution in [2.45, 2.75) is 38.5 Å². The molecule has 2 atom stereocenters. The van der Waals surface area contributed by atoms with Crippen LogP contribution in [0.3, 0.4) is 0 Å². The van der Waals surface area contributed by atoms with Crippen LogP contribution in [-0.4, -0.2) is 13.1 Å². The summed E-state index contributed by atoms with van der Waals surface area (Å²) in [5.74, 6) is 2.19. The highest BCUT2D eigenvalue weighted by molar-refractivity contribution is 5.12. The number of nitrogens with one attached hydrogen (secondary N) is 1. The Labute approximate surface area is 74.9 Å². The Bertz CT molecular complexity index is 183. The van der Waals surface area contributed by atoms with Crippen molar-refractivity contribution in [3.63, 3.8) is 0 Å². The molecule has 2 unspecified atom stereocenters. The van der Waals surface area contributed by atoms with Crippen molar-refractivity contribution < 1.29 is 0 Å². The molecule has 2 aliphatic carbocycles. The lowest BCUT2D eigenvalue weighted by Crippen LogP contribution is -2.25. The van der Waals surface area contributed by atoms with E-state index in [-0.39, 0.29) is 0 Å². The molecule has 0 aromatic rings. The van der Waals surface area contributed by atoms with Crippen LogP contribution in [0.25, 0.3) is 0 Å². The monoisotopic (exact) mass is 165 g/mol. The Balaban J connectivity index is 1.71. The van der Waals surface area contributed by atoms with Gasteiger partial charge in [0.15, 0.2) is 0 Å². The third-order valence-corrected chi connectivity index (χ3v) is 4.54. The first-order chi connectivity index (χ1) is 5.92. The topological polar surface area (TPSA) is 12.0 Å². The molecule has 0 spiro atoms. The molecule has 1 nitrogen and oxygen atoms in total. The molecule has 12 heavy (non-hydrogen) atoms. The molecule has 0 bridgehead atoms. The van der Waals surface area contributed by atoms with Crippen LogP contribution >= 0.6 is 0 Å². The van der Waals surface area contributed by atoms with E-state index in [0.29, 0.717) is 0 Å². The van der Waals surface area contributed by atoms with Gasteiger partial charge in [0.05, 0.1) is 0 Å². The third-order valence-electron chi connectivity index (χ3n) is 4.54. The van der Waals surface area contributed by atoms with Crippen LogP contribution in [0.2, 0.25) is 0 Å². The molecule has 68 valence electrons. The second-order valence-corrected chi connectivity index (χ2v) is 5.10. The first-order valence-electron chi connectivity index (χ1n) is 5.62. The Morgan fingerprint density at radius 3 is 2.42 bits per heavy atom. The Morgan fingerprint density at radius 2 is 1.83 bits per heavy atom. The van der Waals surface area contributed by atoms with Gasteiger partial charge in [0.2, 0.25) is 0 Å². The summed E-state index contributed by atoms with van der Waals surface area (Å²) in [5.41, 5.74) is 0.820. The number of fused-ring (bicyclic) bond motifs is 1. The third kappa shape index (κ3) is 0.891. The van der Waals surface area contributed by atoms with Gasteiger partial charge in [-0.1, -0.05) is 19.3 Å². The van der Waals surface area contributed by atoms with Crippen LogP contribution in [0.5, 0.6) is 0 Å². The van der Waals surface area contributed by atoms with Crippen molar-refractivity contribution in [3.8, 4) is 0 Å². The number of hydrogen-bond acceptors (Lipinski definition) is 1. The summed E-state index contributed by atoms with van der Waals surface area (Å²) in [6, 6.07) is 0. The maximum atomic E-state index is 3.56. The normalized spacial score (nSPS) is 47.5. The lowest BCUT2D eigenvalue weighted by atomic mass is 9.77. The molecule has 0 aromatic heterocycles. The van der Waals surface area contributed by atoms with E-state index in [1.165, 1.54) is 45.2 Å². The summed E-state index contributed by atoms with van der Waals surface area (Å²) in [6.07, 6.45) is 9.17. The zero-order valence-electron chi connectivity index (χ0n) is 7.81. The lowest BCUT2D eigenvalue weighted by molar-refractivity contribution is 0.230. The summed E-state index contributed by atoms with van der Waals surface area (Å²) in [7, 11) is 0. The predicted molar refractivity (Wildman–Crippen MR) is 50.0 cm³/mol. The quantitative estimate of drug-likeness (QED) is 0.628. The minimum Gasteiger partial charge on any atom is -0.316 e. The average molecular weight is 165 g/mol. The fourth-order valence-electron chi connectivity index (χ4n) is 3.69. The van der Waals surface area contributed by atoms with Gasteiger partial charge in [0.25, 0.3) is 0 Å². The maximum Gasteiger partial charge on any atom is 0.00138 e. The van der Waals surface area contributed by atoms with E-state index in [9.17, 15) is 0 Å². The fraction of sp³-hybridized carbons (Fsp3) is 1.00. The summed E-state index contributed by atoms with van der Waals surface area (Å²) in [5, 5.41) is 3.56. The van der Waals surface area contributed by atoms with E-state index >= 15 is 0 Å². The van der Waals surface area contributed by atoms with Gasteiger partial charge in [-0.25, -0.2) is 0 Å². The van der Waals surface area contributed by atoms with Gasteiger partial charge >= 0.3 is 0 Å². The lowest BCUT2D eigenvalue weighted by Gasteiger charge is -2.29. The van der Waals surface area contributed by atoms with Crippen LogP contribution < -0.4 is 5.32 Å². The second kappa shape index (κ2) is 2.47. The average Bonchev–Trinajstić information content (AvgIpc) is 2.72. The van der Waals surface area contributed by atoms with Crippen LogP contribution in [0.1, 0.15) is 38.5 Å². The highest BCUT2D eigenvalue weighted by atomic mass is 15.0. The van der Waals surface area contributed by atoms with Crippen molar-refractivity contribution >= 4 is 0 Å². The van der Waals surface area contributed by atoms with Crippen molar-refractivity contribution in [1.29, 1.82) is 0 Å². The van der Waals surface area contributed by atoms with Gasteiger partial charge in [-0.15, -0.1) is 0 Å². The van der Waals surface area contributed by atoms with Crippen LogP contribution in [0.15, 0.2) is 0 Å². The molecule has 1 N–H and O–H groups in total. The van der Waals surface area contributed by atoms with Crippen molar-refractivity contribution in [1.82, 2.24) is 5.32 Å². The Hall–Kier alpha value is -0.0400. The zero-order chi connectivity index (χ0) is 8.02. The predicted octanol–water partition coefficient (Wildman–Crippen LogP) is 2.18. The molecule has 3 rings (SSSR count). The Morgan fingerprint density at radius 1 is 1.00 bits per heavy atom. The molecular formula is C11H19N. The molecule has 0 amide bonds. The highest BCUT2D eigenvalue weighted by Crippen LogP contribution is 2.62. The molecule has 3 aliphatic rings. The van der Waals surface area contributed by atoms with Gasteiger partial charge in [0, 0.05) is 6.54 Å².